The number of nitrogens with one attached hydrogen (secondary N) is 2. The van der Waals surface area contributed by atoms with Crippen molar-refractivity contribution >= 4 is 28.9 Å². The number of methoxy groups -OCH3 is 1. The number of hydrazone groups is 1. The molecule has 9 nitrogen and oxygen atoms in total. The maximum Gasteiger partial charge on any atom is 0.246 e. The number of aromatic nitrogens is 3. The number of hydrogen-bond donors (Lipinski definition) is 2. The summed E-state index contributed by atoms with van der Waals surface area (Å²) in [6, 6.07) is 17.8. The van der Waals surface area contributed by atoms with E-state index in [1.807, 2.05) is 59.6 Å². The predicted octanol–water partition coefficient (Wildman–Crippen LogP) is 3.79. The van der Waals surface area contributed by atoms with Gasteiger partial charge in [-0.1, -0.05) is 18.2 Å². The molecule has 1 aliphatic rings. The molecule has 0 saturated carbocycles. The summed E-state index contributed by atoms with van der Waals surface area (Å²) in [7, 11) is 1.62. The third-order valence-corrected chi connectivity index (χ3v) is 5.67. The molecule has 3 heterocycles. The average molecular weight is 454 g/mol. The number of fused-ring (bicyclic) bond motifs is 1. The first-order valence-electron chi connectivity index (χ1n) is 10.9. The first-order valence-corrected chi connectivity index (χ1v) is 10.9. The Morgan fingerprint density at radius 3 is 2.71 bits per heavy atom. The van der Waals surface area contributed by atoms with Crippen LogP contribution in [0.5, 0.6) is 5.75 Å². The molecular formula is C25H23N7O2. The molecule has 9 heteroatoms. The second-order valence-electron chi connectivity index (χ2n) is 7.69. The molecule has 1 saturated heterocycles. The first kappa shape index (κ1) is 21.4. The van der Waals surface area contributed by atoms with Crippen LogP contribution in [0.3, 0.4) is 0 Å². The second kappa shape index (κ2) is 9.60. The number of nitriles is 1. The van der Waals surface area contributed by atoms with Crippen molar-refractivity contribution in [3.8, 4) is 23.1 Å². The van der Waals surface area contributed by atoms with Crippen LogP contribution in [0.4, 0.5) is 11.8 Å². The maximum absolute atomic E-state index is 10.0. The van der Waals surface area contributed by atoms with E-state index in [9.17, 15) is 5.26 Å². The highest BCUT2D eigenvalue weighted by Crippen LogP contribution is 2.31. The molecule has 2 aromatic heterocycles. The van der Waals surface area contributed by atoms with Gasteiger partial charge in [0.15, 0.2) is 5.82 Å². The third kappa shape index (κ3) is 4.27. The minimum atomic E-state index is 0.308. The highest BCUT2D eigenvalue weighted by Gasteiger charge is 2.22. The number of aromatic amines is 1. The zero-order valence-electron chi connectivity index (χ0n) is 18.7. The SMILES string of the molecule is COc1ccc(-c2nc(N/N=C/c3c[nH]c4ccccc34)nc(N3CCOCC3)c2C#N)cc1. The van der Waals surface area contributed by atoms with Gasteiger partial charge >= 0.3 is 0 Å². The lowest BCUT2D eigenvalue weighted by molar-refractivity contribution is 0.122. The van der Waals surface area contributed by atoms with E-state index in [0.29, 0.717) is 49.3 Å². The molecule has 1 fully saturated rings. The lowest BCUT2D eigenvalue weighted by atomic mass is 10.1. The molecule has 0 atom stereocenters. The summed E-state index contributed by atoms with van der Waals surface area (Å²) in [4.78, 5) is 14.6. The number of para-hydroxylation sites is 1. The van der Waals surface area contributed by atoms with Gasteiger partial charge in [0, 0.05) is 41.3 Å². The number of anilines is 2. The Morgan fingerprint density at radius 1 is 1.15 bits per heavy atom. The van der Waals surface area contributed by atoms with Crippen molar-refractivity contribution in [2.24, 2.45) is 5.10 Å². The van der Waals surface area contributed by atoms with Crippen LogP contribution in [-0.4, -0.2) is 54.6 Å². The van der Waals surface area contributed by atoms with Gasteiger partial charge in [-0.2, -0.15) is 15.3 Å². The minimum absolute atomic E-state index is 0.308. The number of nitrogens with zero attached hydrogens (tertiary/aromatic N) is 5. The van der Waals surface area contributed by atoms with Crippen molar-refractivity contribution in [2.75, 3.05) is 43.7 Å². The number of ether oxygens (including phenoxy) is 2. The third-order valence-electron chi connectivity index (χ3n) is 5.67. The number of benzene rings is 2. The molecule has 1 aliphatic heterocycles. The fourth-order valence-corrected chi connectivity index (χ4v) is 3.92. The molecule has 34 heavy (non-hydrogen) atoms. The zero-order chi connectivity index (χ0) is 23.3. The van der Waals surface area contributed by atoms with E-state index in [1.165, 1.54) is 0 Å². The Labute approximate surface area is 196 Å². The van der Waals surface area contributed by atoms with E-state index in [2.05, 4.69) is 31.5 Å². The lowest BCUT2D eigenvalue weighted by Gasteiger charge is -2.29. The lowest BCUT2D eigenvalue weighted by Crippen LogP contribution is -2.37. The second-order valence-corrected chi connectivity index (χ2v) is 7.69. The molecule has 4 aromatic rings. The Hall–Kier alpha value is -4.42. The Kier molecular flexibility index (Phi) is 6.05. The Morgan fingerprint density at radius 2 is 1.94 bits per heavy atom. The predicted molar refractivity (Wildman–Crippen MR) is 131 cm³/mol. The van der Waals surface area contributed by atoms with E-state index in [4.69, 9.17) is 9.47 Å². The van der Waals surface area contributed by atoms with Crippen molar-refractivity contribution in [2.45, 2.75) is 0 Å². The smallest absolute Gasteiger partial charge is 0.246 e. The molecule has 0 unspecified atom stereocenters. The standard InChI is InChI=1S/C25H23N7O2/c1-33-19-8-6-17(7-9-19)23-21(14-26)24(32-10-12-34-13-11-32)30-25(29-23)31-28-16-18-15-27-22-5-3-2-4-20(18)22/h2-9,15-16,27H,10-13H2,1H3,(H,29,30,31)/b28-16+. The zero-order valence-corrected chi connectivity index (χ0v) is 18.7. The summed E-state index contributed by atoms with van der Waals surface area (Å²) in [6.07, 6.45) is 3.62. The monoisotopic (exact) mass is 453 g/mol. The topological polar surface area (TPSA) is 111 Å². The largest absolute Gasteiger partial charge is 0.497 e. The van der Waals surface area contributed by atoms with Crippen LogP contribution in [0.1, 0.15) is 11.1 Å². The molecule has 0 radical (unpaired) electrons. The van der Waals surface area contributed by atoms with Crippen molar-refractivity contribution in [1.82, 2.24) is 15.0 Å². The minimum Gasteiger partial charge on any atom is -0.497 e. The highest BCUT2D eigenvalue weighted by molar-refractivity contribution is 5.99. The summed E-state index contributed by atoms with van der Waals surface area (Å²) in [5.74, 6) is 1.60. The van der Waals surface area contributed by atoms with E-state index >= 15 is 0 Å². The fraction of sp³-hybridized carbons (Fsp3) is 0.200. The molecule has 2 aromatic carbocycles. The van der Waals surface area contributed by atoms with Gasteiger partial charge in [0.05, 0.1) is 32.2 Å². The molecule has 2 N–H and O–H groups in total. The molecular weight excluding hydrogens is 430 g/mol. The summed E-state index contributed by atoms with van der Waals surface area (Å²) in [6.45, 7) is 2.44. The van der Waals surface area contributed by atoms with Gasteiger partial charge in [-0.15, -0.1) is 0 Å². The fourth-order valence-electron chi connectivity index (χ4n) is 3.92. The molecule has 0 amide bonds. The van der Waals surface area contributed by atoms with Gasteiger partial charge in [0.2, 0.25) is 5.95 Å². The van der Waals surface area contributed by atoms with E-state index in [-0.39, 0.29) is 0 Å². The number of H-pyrrole nitrogens is 1. The quantitative estimate of drug-likeness (QED) is 0.337. The van der Waals surface area contributed by atoms with Crippen LogP contribution >= 0.6 is 0 Å². The average Bonchev–Trinajstić information content (AvgIpc) is 3.32. The van der Waals surface area contributed by atoms with Crippen molar-refractivity contribution in [3.05, 3.63) is 65.9 Å². The molecule has 0 spiro atoms. The van der Waals surface area contributed by atoms with E-state index < -0.39 is 0 Å². The molecule has 0 bridgehead atoms. The van der Waals surface area contributed by atoms with Crippen LogP contribution in [0.2, 0.25) is 0 Å². The molecule has 5 rings (SSSR count). The molecule has 170 valence electrons. The summed E-state index contributed by atoms with van der Waals surface area (Å²) in [5.41, 5.74) is 6.67. The van der Waals surface area contributed by atoms with Gasteiger partial charge in [-0.25, -0.2) is 10.4 Å². The summed E-state index contributed by atoms with van der Waals surface area (Å²) >= 11 is 0. The van der Waals surface area contributed by atoms with E-state index in [0.717, 1.165) is 27.8 Å². The Bertz CT molecular complexity index is 1370. The maximum atomic E-state index is 10.0. The van der Waals surface area contributed by atoms with Crippen molar-refractivity contribution < 1.29 is 9.47 Å². The highest BCUT2D eigenvalue weighted by atomic mass is 16.5. The van der Waals surface area contributed by atoms with Crippen molar-refractivity contribution in [3.63, 3.8) is 0 Å². The Balaban J connectivity index is 1.52. The van der Waals surface area contributed by atoms with Crippen LogP contribution in [0, 0.1) is 11.3 Å². The van der Waals surface area contributed by atoms with Gasteiger partial charge in [-0.05, 0) is 30.3 Å². The van der Waals surface area contributed by atoms with Gasteiger partial charge in [0.1, 0.15) is 17.4 Å². The van der Waals surface area contributed by atoms with Crippen LogP contribution in [0.25, 0.3) is 22.2 Å². The van der Waals surface area contributed by atoms with E-state index in [1.54, 1.807) is 13.3 Å². The van der Waals surface area contributed by atoms with Crippen LogP contribution in [-0.2, 0) is 4.74 Å². The van der Waals surface area contributed by atoms with Crippen molar-refractivity contribution in [1.29, 1.82) is 5.26 Å². The number of hydrogen-bond acceptors (Lipinski definition) is 8. The number of morpholine rings is 1. The molecule has 0 aliphatic carbocycles. The number of rotatable bonds is 6. The van der Waals surface area contributed by atoms with Crippen LogP contribution < -0.4 is 15.1 Å². The summed E-state index contributed by atoms with van der Waals surface area (Å²) < 4.78 is 10.8. The summed E-state index contributed by atoms with van der Waals surface area (Å²) in [5, 5.41) is 15.5. The van der Waals surface area contributed by atoms with Crippen LogP contribution in [0.15, 0.2) is 59.8 Å². The van der Waals surface area contributed by atoms with Gasteiger partial charge in [-0.3, -0.25) is 0 Å². The normalized spacial score (nSPS) is 13.8. The van der Waals surface area contributed by atoms with Gasteiger partial charge in [0.25, 0.3) is 0 Å². The first-order chi connectivity index (χ1) is 16.8. The van der Waals surface area contributed by atoms with Gasteiger partial charge < -0.3 is 19.4 Å².